The van der Waals surface area contributed by atoms with Gasteiger partial charge in [-0.2, -0.15) is 0 Å². The fourth-order valence-corrected chi connectivity index (χ4v) is 1.37. The predicted octanol–water partition coefficient (Wildman–Crippen LogP) is 1.81. The van der Waals surface area contributed by atoms with Crippen LogP contribution in [0.25, 0.3) is 0 Å². The van der Waals surface area contributed by atoms with Crippen LogP contribution in [0.15, 0.2) is 0 Å². The lowest BCUT2D eigenvalue weighted by atomic mass is 10.2. The second-order valence-corrected chi connectivity index (χ2v) is 4.09. The fourth-order valence-electron chi connectivity index (χ4n) is 1.37. The molecule has 0 aliphatic carbocycles. The summed E-state index contributed by atoms with van der Waals surface area (Å²) >= 11 is 0. The lowest BCUT2D eigenvalue weighted by Crippen LogP contribution is -2.28. The van der Waals surface area contributed by atoms with E-state index in [2.05, 4.69) is 0 Å². The number of rotatable bonds is 10. The molecule has 0 amide bonds. The molecule has 1 atom stereocenters. The molecule has 5 heteroatoms. The Labute approximate surface area is 108 Å². The number of aliphatic hydroxyl groups excluding tert-OH is 1. The van der Waals surface area contributed by atoms with Crippen molar-refractivity contribution in [3.63, 3.8) is 0 Å². The minimum atomic E-state index is -0.790. The van der Waals surface area contributed by atoms with Gasteiger partial charge in [0.2, 0.25) is 0 Å². The first-order chi connectivity index (χ1) is 8.65. The zero-order valence-corrected chi connectivity index (χ0v) is 11.3. The van der Waals surface area contributed by atoms with Gasteiger partial charge in [0.25, 0.3) is 0 Å². The minimum Gasteiger partial charge on any atom is -0.463 e. The van der Waals surface area contributed by atoms with Crippen molar-refractivity contribution >= 4 is 11.9 Å². The number of carbonyl (C=O) groups is 2. The van der Waals surface area contributed by atoms with Gasteiger partial charge >= 0.3 is 11.9 Å². The zero-order valence-electron chi connectivity index (χ0n) is 11.3. The predicted molar refractivity (Wildman–Crippen MR) is 67.0 cm³/mol. The summed E-state index contributed by atoms with van der Waals surface area (Å²) in [6, 6.07) is 0. The molecule has 18 heavy (non-hydrogen) atoms. The largest absolute Gasteiger partial charge is 0.463 e. The maximum Gasteiger partial charge on any atom is 0.347 e. The third kappa shape index (κ3) is 8.06. The van der Waals surface area contributed by atoms with Crippen LogP contribution in [0.2, 0.25) is 0 Å². The Hall–Kier alpha value is -1.10. The Balaban J connectivity index is 3.88. The summed E-state index contributed by atoms with van der Waals surface area (Å²) in [5.41, 5.74) is 0. The van der Waals surface area contributed by atoms with Crippen molar-refractivity contribution in [3.05, 3.63) is 0 Å². The second-order valence-electron chi connectivity index (χ2n) is 4.09. The standard InChI is InChI=1S/C13H24O5/c1-3-10-17-13(16)11(4-2)18-12(15)8-6-5-7-9-14/h11,14H,3-10H2,1-2H3. The smallest absolute Gasteiger partial charge is 0.347 e. The molecule has 0 aliphatic heterocycles. The molecule has 0 aromatic carbocycles. The number of esters is 2. The van der Waals surface area contributed by atoms with Crippen molar-refractivity contribution < 1.29 is 24.2 Å². The normalized spacial score (nSPS) is 11.9. The Bertz CT molecular complexity index is 240. The third-order valence-electron chi connectivity index (χ3n) is 2.39. The number of hydrogen-bond donors (Lipinski definition) is 1. The van der Waals surface area contributed by atoms with E-state index in [4.69, 9.17) is 14.6 Å². The molecule has 5 nitrogen and oxygen atoms in total. The maximum atomic E-state index is 11.5. The highest BCUT2D eigenvalue weighted by Crippen LogP contribution is 2.07. The molecule has 0 rings (SSSR count). The zero-order chi connectivity index (χ0) is 13.8. The SMILES string of the molecule is CCCOC(=O)C(CC)OC(=O)CCCCCO. The average Bonchev–Trinajstić information content (AvgIpc) is 2.38. The first-order valence-corrected chi connectivity index (χ1v) is 6.62. The first kappa shape index (κ1) is 16.9. The molecule has 0 saturated heterocycles. The fraction of sp³-hybridized carbons (Fsp3) is 0.846. The van der Waals surface area contributed by atoms with E-state index >= 15 is 0 Å². The number of unbranched alkanes of at least 4 members (excludes halogenated alkanes) is 2. The number of aliphatic hydroxyl groups is 1. The highest BCUT2D eigenvalue weighted by atomic mass is 16.6. The van der Waals surface area contributed by atoms with E-state index in [0.717, 1.165) is 12.8 Å². The van der Waals surface area contributed by atoms with Gasteiger partial charge < -0.3 is 14.6 Å². The lowest BCUT2D eigenvalue weighted by molar-refractivity contribution is -0.168. The van der Waals surface area contributed by atoms with Gasteiger partial charge in [-0.1, -0.05) is 20.3 Å². The van der Waals surface area contributed by atoms with Gasteiger partial charge in [-0.05, 0) is 25.7 Å². The highest BCUT2D eigenvalue weighted by molar-refractivity contribution is 5.79. The average molecular weight is 260 g/mol. The summed E-state index contributed by atoms with van der Waals surface area (Å²) in [5.74, 6) is -0.851. The van der Waals surface area contributed by atoms with E-state index in [1.165, 1.54) is 0 Å². The molecule has 1 unspecified atom stereocenters. The van der Waals surface area contributed by atoms with Gasteiger partial charge in [0.15, 0.2) is 6.10 Å². The van der Waals surface area contributed by atoms with Gasteiger partial charge in [0.1, 0.15) is 0 Å². The van der Waals surface area contributed by atoms with Gasteiger partial charge in [0.05, 0.1) is 6.61 Å². The Morgan fingerprint density at radius 2 is 1.89 bits per heavy atom. The van der Waals surface area contributed by atoms with E-state index in [1.54, 1.807) is 6.92 Å². The van der Waals surface area contributed by atoms with Crippen molar-refractivity contribution in [2.45, 2.75) is 58.5 Å². The quantitative estimate of drug-likeness (QED) is 0.479. The van der Waals surface area contributed by atoms with Crippen molar-refractivity contribution in [2.24, 2.45) is 0 Å². The van der Waals surface area contributed by atoms with E-state index < -0.39 is 12.1 Å². The Kier molecular flexibility index (Phi) is 10.3. The molecule has 0 radical (unpaired) electrons. The van der Waals surface area contributed by atoms with Gasteiger partial charge in [0, 0.05) is 13.0 Å². The van der Waals surface area contributed by atoms with Crippen LogP contribution in [-0.4, -0.2) is 36.4 Å². The summed E-state index contributed by atoms with van der Waals surface area (Å²) in [7, 11) is 0. The number of ether oxygens (including phenoxy) is 2. The van der Waals surface area contributed by atoms with Crippen LogP contribution >= 0.6 is 0 Å². The van der Waals surface area contributed by atoms with Crippen LogP contribution in [0.4, 0.5) is 0 Å². The second kappa shape index (κ2) is 11.0. The van der Waals surface area contributed by atoms with E-state index in [-0.39, 0.29) is 19.0 Å². The molecule has 0 aliphatic rings. The van der Waals surface area contributed by atoms with Crippen LogP contribution in [-0.2, 0) is 19.1 Å². The van der Waals surface area contributed by atoms with Crippen molar-refractivity contribution in [1.29, 1.82) is 0 Å². The molecular formula is C13H24O5. The van der Waals surface area contributed by atoms with E-state index in [1.807, 2.05) is 6.92 Å². The number of hydrogen-bond acceptors (Lipinski definition) is 5. The van der Waals surface area contributed by atoms with Crippen LogP contribution in [0.3, 0.4) is 0 Å². The molecule has 1 N–H and O–H groups in total. The Morgan fingerprint density at radius 1 is 1.17 bits per heavy atom. The Morgan fingerprint density at radius 3 is 2.44 bits per heavy atom. The van der Waals surface area contributed by atoms with Crippen LogP contribution in [0.5, 0.6) is 0 Å². The first-order valence-electron chi connectivity index (χ1n) is 6.62. The van der Waals surface area contributed by atoms with E-state index in [0.29, 0.717) is 25.9 Å². The molecule has 0 aromatic heterocycles. The van der Waals surface area contributed by atoms with Gasteiger partial charge in [-0.25, -0.2) is 4.79 Å². The van der Waals surface area contributed by atoms with Gasteiger partial charge in [-0.3, -0.25) is 4.79 Å². The van der Waals surface area contributed by atoms with Crippen LogP contribution < -0.4 is 0 Å². The van der Waals surface area contributed by atoms with Crippen LogP contribution in [0, 0.1) is 0 Å². The summed E-state index contributed by atoms with van der Waals surface area (Å²) in [6.45, 7) is 4.16. The summed E-state index contributed by atoms with van der Waals surface area (Å²) in [6.07, 6.45) is 2.78. The minimum absolute atomic E-state index is 0.135. The molecule has 0 spiro atoms. The van der Waals surface area contributed by atoms with Gasteiger partial charge in [-0.15, -0.1) is 0 Å². The third-order valence-corrected chi connectivity index (χ3v) is 2.39. The molecule has 106 valence electrons. The summed E-state index contributed by atoms with van der Waals surface area (Å²) in [4.78, 5) is 23.0. The summed E-state index contributed by atoms with van der Waals surface area (Å²) in [5, 5.41) is 8.59. The van der Waals surface area contributed by atoms with Crippen molar-refractivity contribution in [1.82, 2.24) is 0 Å². The van der Waals surface area contributed by atoms with Crippen LogP contribution in [0.1, 0.15) is 52.4 Å². The molecule has 0 bridgehead atoms. The maximum absolute atomic E-state index is 11.5. The van der Waals surface area contributed by atoms with E-state index in [9.17, 15) is 9.59 Å². The van der Waals surface area contributed by atoms with Crippen molar-refractivity contribution in [3.8, 4) is 0 Å². The summed E-state index contributed by atoms with van der Waals surface area (Å²) < 4.78 is 10.0. The monoisotopic (exact) mass is 260 g/mol. The molecule has 0 saturated carbocycles. The topological polar surface area (TPSA) is 72.8 Å². The molecule has 0 heterocycles. The molecule has 0 aromatic rings. The van der Waals surface area contributed by atoms with Crippen molar-refractivity contribution in [2.75, 3.05) is 13.2 Å². The molecular weight excluding hydrogens is 236 g/mol. The highest BCUT2D eigenvalue weighted by Gasteiger charge is 2.21. The lowest BCUT2D eigenvalue weighted by Gasteiger charge is -2.14. The number of carbonyl (C=O) groups excluding carboxylic acids is 2. The molecule has 0 fully saturated rings.